The second-order valence-corrected chi connectivity index (χ2v) is 5.39. The minimum Gasteiger partial charge on any atom is -0.390 e. The van der Waals surface area contributed by atoms with Crippen LogP contribution in [0.1, 0.15) is 20.3 Å². The van der Waals surface area contributed by atoms with E-state index in [4.69, 9.17) is 11.6 Å². The van der Waals surface area contributed by atoms with Gasteiger partial charge < -0.3 is 5.11 Å². The van der Waals surface area contributed by atoms with Crippen molar-refractivity contribution in [3.05, 3.63) is 29.3 Å². The van der Waals surface area contributed by atoms with Gasteiger partial charge in [-0.15, -0.1) is 11.8 Å². The monoisotopic (exact) mass is 230 g/mol. The molecule has 0 saturated carbocycles. The molecule has 0 aliphatic carbocycles. The first-order valence-corrected chi connectivity index (χ1v) is 5.95. The summed E-state index contributed by atoms with van der Waals surface area (Å²) in [6.45, 7) is 3.64. The second-order valence-electron chi connectivity index (χ2n) is 3.84. The second kappa shape index (κ2) is 5.06. The van der Waals surface area contributed by atoms with Crippen LogP contribution in [0.2, 0.25) is 5.02 Å². The molecule has 0 bridgehead atoms. The molecule has 0 heterocycles. The number of rotatable bonds is 4. The van der Waals surface area contributed by atoms with Gasteiger partial charge in [-0.2, -0.15) is 0 Å². The summed E-state index contributed by atoms with van der Waals surface area (Å²) in [5.74, 6) is 0.882. The van der Waals surface area contributed by atoms with Gasteiger partial charge in [0.05, 0.1) is 10.6 Å². The Hall–Kier alpha value is -0.180. The maximum Gasteiger partial charge on any atom is 0.0599 e. The minimum atomic E-state index is -0.589. The molecule has 0 aliphatic rings. The number of hydrogen-bond acceptors (Lipinski definition) is 2. The molecule has 0 atom stereocenters. The number of hydrogen-bond donors (Lipinski definition) is 1. The van der Waals surface area contributed by atoms with E-state index in [0.29, 0.717) is 0 Å². The highest BCUT2D eigenvalue weighted by Gasteiger charge is 2.12. The van der Waals surface area contributed by atoms with Gasteiger partial charge in [-0.3, -0.25) is 0 Å². The first kappa shape index (κ1) is 11.9. The van der Waals surface area contributed by atoms with Crippen molar-refractivity contribution in [2.45, 2.75) is 30.8 Å². The first-order chi connectivity index (χ1) is 6.49. The summed E-state index contributed by atoms with van der Waals surface area (Å²) < 4.78 is 0. The molecular weight excluding hydrogens is 216 g/mol. The van der Waals surface area contributed by atoms with Crippen molar-refractivity contribution in [2.75, 3.05) is 5.75 Å². The highest BCUT2D eigenvalue weighted by Crippen LogP contribution is 2.28. The molecule has 0 aliphatic heterocycles. The van der Waals surface area contributed by atoms with Gasteiger partial charge >= 0.3 is 0 Å². The lowest BCUT2D eigenvalue weighted by Gasteiger charge is -2.16. The van der Waals surface area contributed by atoms with Gasteiger partial charge in [-0.05, 0) is 32.4 Å². The topological polar surface area (TPSA) is 20.2 Å². The van der Waals surface area contributed by atoms with Gasteiger partial charge in [-0.1, -0.05) is 23.7 Å². The summed E-state index contributed by atoms with van der Waals surface area (Å²) in [7, 11) is 0. The summed E-state index contributed by atoms with van der Waals surface area (Å²) in [5.41, 5.74) is -0.589. The molecule has 0 fully saturated rings. The third-order valence-electron chi connectivity index (χ3n) is 1.81. The van der Waals surface area contributed by atoms with Crippen LogP contribution in [0.3, 0.4) is 0 Å². The van der Waals surface area contributed by atoms with Crippen LogP contribution in [-0.2, 0) is 0 Å². The summed E-state index contributed by atoms with van der Waals surface area (Å²) in [6.07, 6.45) is 0.767. The fourth-order valence-corrected chi connectivity index (χ4v) is 2.47. The maximum absolute atomic E-state index is 9.52. The van der Waals surface area contributed by atoms with Crippen molar-refractivity contribution in [1.29, 1.82) is 0 Å². The third kappa shape index (κ3) is 4.36. The summed E-state index contributed by atoms with van der Waals surface area (Å²) in [4.78, 5) is 1.08. The van der Waals surface area contributed by atoms with Crippen LogP contribution < -0.4 is 0 Å². The number of halogens is 1. The van der Waals surface area contributed by atoms with Crippen molar-refractivity contribution in [2.24, 2.45) is 0 Å². The third-order valence-corrected chi connectivity index (χ3v) is 3.32. The Morgan fingerprint density at radius 3 is 2.57 bits per heavy atom. The Bertz CT molecular complexity index is 294. The molecule has 1 aromatic rings. The smallest absolute Gasteiger partial charge is 0.0599 e. The molecule has 0 aromatic heterocycles. The van der Waals surface area contributed by atoms with Crippen LogP contribution >= 0.6 is 23.4 Å². The molecule has 0 unspecified atom stereocenters. The number of benzene rings is 1. The molecular formula is C11H15ClOS. The largest absolute Gasteiger partial charge is 0.390 e. The van der Waals surface area contributed by atoms with Crippen LogP contribution in [0.5, 0.6) is 0 Å². The first-order valence-electron chi connectivity index (χ1n) is 4.59. The Balaban J connectivity index is 2.43. The Morgan fingerprint density at radius 1 is 1.36 bits per heavy atom. The van der Waals surface area contributed by atoms with Gasteiger partial charge in [0.25, 0.3) is 0 Å². The van der Waals surface area contributed by atoms with E-state index in [1.807, 2.05) is 38.1 Å². The van der Waals surface area contributed by atoms with Gasteiger partial charge in [0.2, 0.25) is 0 Å². The molecule has 78 valence electrons. The Labute approximate surface area is 94.5 Å². The summed E-state index contributed by atoms with van der Waals surface area (Å²) >= 11 is 7.67. The summed E-state index contributed by atoms with van der Waals surface area (Å²) in [5, 5.41) is 10.3. The minimum absolute atomic E-state index is 0.589. The van der Waals surface area contributed by atoms with Crippen LogP contribution in [0.15, 0.2) is 29.2 Å². The average Bonchev–Trinajstić information content (AvgIpc) is 2.06. The Kier molecular flexibility index (Phi) is 4.30. The lowest BCUT2D eigenvalue weighted by molar-refractivity contribution is 0.0778. The van der Waals surface area contributed by atoms with E-state index in [-0.39, 0.29) is 0 Å². The van der Waals surface area contributed by atoms with Gasteiger partial charge in [0.1, 0.15) is 0 Å². The maximum atomic E-state index is 9.52. The van der Waals surface area contributed by atoms with E-state index in [9.17, 15) is 5.11 Å². The zero-order valence-corrected chi connectivity index (χ0v) is 10.0. The average molecular weight is 231 g/mol. The number of aliphatic hydroxyl groups is 1. The molecule has 1 nitrogen and oxygen atoms in total. The molecule has 0 spiro atoms. The van der Waals surface area contributed by atoms with Crippen LogP contribution in [0.4, 0.5) is 0 Å². The van der Waals surface area contributed by atoms with E-state index in [1.54, 1.807) is 11.8 Å². The van der Waals surface area contributed by atoms with Crippen molar-refractivity contribution >= 4 is 23.4 Å². The molecule has 0 radical (unpaired) electrons. The zero-order valence-electron chi connectivity index (χ0n) is 8.46. The van der Waals surface area contributed by atoms with Crippen molar-refractivity contribution < 1.29 is 5.11 Å². The van der Waals surface area contributed by atoms with Crippen molar-refractivity contribution in [3.63, 3.8) is 0 Å². The summed E-state index contributed by atoms with van der Waals surface area (Å²) in [6, 6.07) is 7.77. The van der Waals surface area contributed by atoms with E-state index in [2.05, 4.69) is 0 Å². The molecule has 1 N–H and O–H groups in total. The molecule has 0 saturated heterocycles. The number of thioether (sulfide) groups is 1. The predicted molar refractivity (Wildman–Crippen MR) is 63.1 cm³/mol. The van der Waals surface area contributed by atoms with Crippen molar-refractivity contribution in [1.82, 2.24) is 0 Å². The van der Waals surface area contributed by atoms with E-state index in [0.717, 1.165) is 22.1 Å². The van der Waals surface area contributed by atoms with E-state index in [1.165, 1.54) is 0 Å². The van der Waals surface area contributed by atoms with Crippen LogP contribution in [0.25, 0.3) is 0 Å². The van der Waals surface area contributed by atoms with Crippen LogP contribution in [-0.4, -0.2) is 16.5 Å². The Morgan fingerprint density at radius 2 is 2.00 bits per heavy atom. The van der Waals surface area contributed by atoms with Gasteiger partial charge in [0.15, 0.2) is 0 Å². The highest BCUT2D eigenvalue weighted by atomic mass is 35.5. The normalized spacial score (nSPS) is 11.7. The molecule has 3 heteroatoms. The highest BCUT2D eigenvalue weighted by molar-refractivity contribution is 7.99. The zero-order chi connectivity index (χ0) is 10.6. The standard InChI is InChI=1S/C11H15ClOS/c1-11(2,13)7-8-14-10-6-4-3-5-9(10)12/h3-6,13H,7-8H2,1-2H3. The lowest BCUT2D eigenvalue weighted by atomic mass is 10.1. The van der Waals surface area contributed by atoms with E-state index < -0.39 is 5.60 Å². The van der Waals surface area contributed by atoms with Crippen molar-refractivity contribution in [3.8, 4) is 0 Å². The molecule has 0 amide bonds. The van der Waals surface area contributed by atoms with E-state index >= 15 is 0 Å². The molecule has 14 heavy (non-hydrogen) atoms. The molecule has 1 aromatic carbocycles. The van der Waals surface area contributed by atoms with Gasteiger partial charge in [-0.25, -0.2) is 0 Å². The quantitative estimate of drug-likeness (QED) is 0.798. The predicted octanol–water partition coefficient (Wildman–Crippen LogP) is 3.59. The molecule has 1 rings (SSSR count). The van der Waals surface area contributed by atoms with Crippen LogP contribution in [0, 0.1) is 0 Å². The fraction of sp³-hybridized carbons (Fsp3) is 0.455. The lowest BCUT2D eigenvalue weighted by Crippen LogP contribution is -2.18. The van der Waals surface area contributed by atoms with Gasteiger partial charge in [0, 0.05) is 10.6 Å². The fourth-order valence-electron chi connectivity index (χ4n) is 0.973. The SMILES string of the molecule is CC(C)(O)CCSc1ccccc1Cl.